The molecule has 2 N–H and O–H groups in total. The minimum absolute atomic E-state index is 0.248. The zero-order valence-electron chi connectivity index (χ0n) is 6.17. The van der Waals surface area contributed by atoms with Crippen LogP contribution in [-0.4, -0.2) is 12.2 Å². The average molecular weight is 143 g/mol. The quantitative estimate of drug-likeness (QED) is 0.569. The lowest BCUT2D eigenvalue weighted by molar-refractivity contribution is -0.124. The van der Waals surface area contributed by atoms with Gasteiger partial charge in [0.05, 0.1) is 0 Å². The molecule has 0 spiro atoms. The summed E-state index contributed by atoms with van der Waals surface area (Å²) in [5, 5.41) is 0. The van der Waals surface area contributed by atoms with E-state index in [-0.39, 0.29) is 18.2 Å². The SMILES string of the molecule is CCCC(CC=O)C(N)=O. The predicted molar refractivity (Wildman–Crippen MR) is 38.3 cm³/mol. The number of aldehydes is 1. The lowest BCUT2D eigenvalue weighted by atomic mass is 10.0. The summed E-state index contributed by atoms with van der Waals surface area (Å²) in [5.74, 6) is -0.614. The summed E-state index contributed by atoms with van der Waals surface area (Å²) >= 11 is 0. The van der Waals surface area contributed by atoms with Crippen molar-refractivity contribution in [3.8, 4) is 0 Å². The van der Waals surface area contributed by atoms with E-state index in [4.69, 9.17) is 5.73 Å². The first-order valence-electron chi connectivity index (χ1n) is 3.45. The van der Waals surface area contributed by atoms with E-state index in [1.165, 1.54) is 0 Å². The van der Waals surface area contributed by atoms with Crippen molar-refractivity contribution < 1.29 is 9.59 Å². The molecule has 3 nitrogen and oxygen atoms in total. The number of primary amides is 1. The van der Waals surface area contributed by atoms with Crippen LogP contribution in [0.5, 0.6) is 0 Å². The molecule has 1 atom stereocenters. The maximum atomic E-state index is 10.5. The molecule has 0 aliphatic carbocycles. The van der Waals surface area contributed by atoms with Crippen LogP contribution in [-0.2, 0) is 9.59 Å². The lowest BCUT2D eigenvalue weighted by Crippen LogP contribution is -2.23. The molecule has 0 aromatic rings. The monoisotopic (exact) mass is 143 g/mol. The van der Waals surface area contributed by atoms with Crippen molar-refractivity contribution in [3.63, 3.8) is 0 Å². The van der Waals surface area contributed by atoms with Gasteiger partial charge in [-0.3, -0.25) is 4.79 Å². The van der Waals surface area contributed by atoms with Crippen molar-refractivity contribution in [2.24, 2.45) is 11.7 Å². The Labute approximate surface area is 60.6 Å². The second kappa shape index (κ2) is 4.97. The number of nitrogens with two attached hydrogens (primary N) is 1. The predicted octanol–water partition coefficient (Wildman–Crippen LogP) is 0.477. The van der Waals surface area contributed by atoms with E-state index in [1.54, 1.807) is 0 Å². The maximum absolute atomic E-state index is 10.5. The Morgan fingerprint density at radius 2 is 2.30 bits per heavy atom. The molecule has 1 unspecified atom stereocenters. The zero-order chi connectivity index (χ0) is 7.98. The van der Waals surface area contributed by atoms with Gasteiger partial charge < -0.3 is 10.5 Å². The third-order valence-electron chi connectivity index (χ3n) is 1.42. The molecule has 0 aromatic heterocycles. The van der Waals surface area contributed by atoms with Gasteiger partial charge in [-0.1, -0.05) is 13.3 Å². The highest BCUT2D eigenvalue weighted by atomic mass is 16.1. The van der Waals surface area contributed by atoms with Gasteiger partial charge in [-0.25, -0.2) is 0 Å². The lowest BCUT2D eigenvalue weighted by Gasteiger charge is -2.06. The number of carbonyl (C=O) groups excluding carboxylic acids is 2. The van der Waals surface area contributed by atoms with Gasteiger partial charge >= 0.3 is 0 Å². The van der Waals surface area contributed by atoms with E-state index in [1.807, 2.05) is 6.92 Å². The molecule has 58 valence electrons. The first-order chi connectivity index (χ1) is 4.72. The molecule has 10 heavy (non-hydrogen) atoms. The molecule has 0 heterocycles. The summed E-state index contributed by atoms with van der Waals surface area (Å²) in [6, 6.07) is 0. The fourth-order valence-corrected chi connectivity index (χ4v) is 0.841. The van der Waals surface area contributed by atoms with Crippen LogP contribution in [0.1, 0.15) is 26.2 Å². The fraction of sp³-hybridized carbons (Fsp3) is 0.714. The van der Waals surface area contributed by atoms with Gasteiger partial charge in [0.1, 0.15) is 6.29 Å². The van der Waals surface area contributed by atoms with Crippen LogP contribution in [0, 0.1) is 5.92 Å². The van der Waals surface area contributed by atoms with Crippen LogP contribution in [0.15, 0.2) is 0 Å². The van der Waals surface area contributed by atoms with Crippen molar-refractivity contribution in [1.82, 2.24) is 0 Å². The third kappa shape index (κ3) is 3.22. The number of hydrogen-bond acceptors (Lipinski definition) is 2. The summed E-state index contributed by atoms with van der Waals surface area (Å²) in [6.07, 6.45) is 2.61. The Kier molecular flexibility index (Phi) is 4.54. The van der Waals surface area contributed by atoms with Crippen LogP contribution in [0.4, 0.5) is 0 Å². The van der Waals surface area contributed by atoms with Crippen molar-refractivity contribution in [1.29, 1.82) is 0 Å². The van der Waals surface area contributed by atoms with Crippen LogP contribution < -0.4 is 5.73 Å². The molecule has 0 aliphatic heterocycles. The standard InChI is InChI=1S/C7H13NO2/c1-2-3-6(4-5-9)7(8)10/h5-6H,2-4H2,1H3,(H2,8,10). The van der Waals surface area contributed by atoms with E-state index in [0.717, 1.165) is 12.7 Å². The summed E-state index contributed by atoms with van der Waals surface area (Å²) in [6.45, 7) is 1.96. The number of hydrogen-bond donors (Lipinski definition) is 1. The molecule has 0 saturated heterocycles. The highest BCUT2D eigenvalue weighted by Gasteiger charge is 2.12. The first-order valence-corrected chi connectivity index (χ1v) is 3.45. The third-order valence-corrected chi connectivity index (χ3v) is 1.42. The smallest absolute Gasteiger partial charge is 0.220 e. The highest BCUT2D eigenvalue weighted by Crippen LogP contribution is 2.07. The van der Waals surface area contributed by atoms with Gasteiger partial charge in [0.15, 0.2) is 0 Å². The molecule has 0 rings (SSSR count). The van der Waals surface area contributed by atoms with Gasteiger partial charge in [0, 0.05) is 12.3 Å². The topological polar surface area (TPSA) is 60.2 Å². The molecule has 0 bridgehead atoms. The van der Waals surface area contributed by atoms with E-state index in [9.17, 15) is 9.59 Å². The minimum Gasteiger partial charge on any atom is -0.369 e. The molecule has 0 saturated carbocycles. The van der Waals surface area contributed by atoms with Crippen molar-refractivity contribution in [3.05, 3.63) is 0 Å². The molecule has 0 aromatic carbocycles. The Morgan fingerprint density at radius 3 is 2.60 bits per heavy atom. The molecule has 1 amide bonds. The van der Waals surface area contributed by atoms with Crippen LogP contribution in [0.3, 0.4) is 0 Å². The molecule has 3 heteroatoms. The second-order valence-electron chi connectivity index (χ2n) is 2.29. The van der Waals surface area contributed by atoms with Crippen LogP contribution in [0.25, 0.3) is 0 Å². The molecular formula is C7H13NO2. The Hall–Kier alpha value is -0.860. The summed E-state index contributed by atoms with van der Waals surface area (Å²) < 4.78 is 0. The largest absolute Gasteiger partial charge is 0.369 e. The van der Waals surface area contributed by atoms with Gasteiger partial charge in [-0.05, 0) is 6.42 Å². The van der Waals surface area contributed by atoms with E-state index in [2.05, 4.69) is 0 Å². The fourth-order valence-electron chi connectivity index (χ4n) is 0.841. The summed E-state index contributed by atoms with van der Waals surface area (Å²) in [5.41, 5.74) is 5.01. The Morgan fingerprint density at radius 1 is 1.70 bits per heavy atom. The molecule has 0 fully saturated rings. The molecule has 0 aliphatic rings. The Bertz CT molecular complexity index is 123. The normalized spacial score (nSPS) is 12.5. The van der Waals surface area contributed by atoms with Crippen LogP contribution in [0.2, 0.25) is 0 Å². The minimum atomic E-state index is -0.367. The van der Waals surface area contributed by atoms with Gasteiger partial charge in [0.25, 0.3) is 0 Å². The van der Waals surface area contributed by atoms with Gasteiger partial charge in [0.2, 0.25) is 5.91 Å². The highest BCUT2D eigenvalue weighted by molar-refractivity contribution is 5.79. The first kappa shape index (κ1) is 9.14. The number of carbonyl (C=O) groups is 2. The summed E-state index contributed by atoms with van der Waals surface area (Å²) in [4.78, 5) is 20.5. The van der Waals surface area contributed by atoms with Crippen molar-refractivity contribution in [2.75, 3.05) is 0 Å². The number of rotatable bonds is 5. The van der Waals surface area contributed by atoms with E-state index < -0.39 is 0 Å². The average Bonchev–Trinajstić information content (AvgIpc) is 1.87. The maximum Gasteiger partial charge on any atom is 0.220 e. The van der Waals surface area contributed by atoms with Gasteiger partial charge in [-0.15, -0.1) is 0 Å². The van der Waals surface area contributed by atoms with Crippen LogP contribution >= 0.6 is 0 Å². The molecule has 0 radical (unpaired) electrons. The van der Waals surface area contributed by atoms with E-state index >= 15 is 0 Å². The van der Waals surface area contributed by atoms with Crippen molar-refractivity contribution in [2.45, 2.75) is 26.2 Å². The zero-order valence-corrected chi connectivity index (χ0v) is 6.17. The van der Waals surface area contributed by atoms with Gasteiger partial charge in [-0.2, -0.15) is 0 Å². The van der Waals surface area contributed by atoms with E-state index in [0.29, 0.717) is 6.42 Å². The summed E-state index contributed by atoms with van der Waals surface area (Å²) in [7, 11) is 0. The Balaban J connectivity index is 3.71. The second-order valence-corrected chi connectivity index (χ2v) is 2.29. The number of amides is 1. The van der Waals surface area contributed by atoms with Crippen molar-refractivity contribution >= 4 is 12.2 Å². The molecular weight excluding hydrogens is 130 g/mol.